The van der Waals surface area contributed by atoms with Crippen molar-refractivity contribution in [2.45, 2.75) is 39.7 Å². The van der Waals surface area contributed by atoms with Crippen LogP contribution in [0.25, 0.3) is 0 Å². The van der Waals surface area contributed by atoms with Crippen LogP contribution in [0.4, 0.5) is 0 Å². The van der Waals surface area contributed by atoms with E-state index in [1.165, 1.54) is 0 Å². The first-order chi connectivity index (χ1) is 12.0. The summed E-state index contributed by atoms with van der Waals surface area (Å²) in [5.41, 5.74) is 1.14. The third kappa shape index (κ3) is 7.11. The number of nitrogens with zero attached hydrogens (tertiary/aromatic N) is 4. The molecule has 1 aromatic carbocycles. The van der Waals surface area contributed by atoms with Crippen molar-refractivity contribution in [2.24, 2.45) is 4.99 Å². The molecule has 0 radical (unpaired) electrons. The maximum Gasteiger partial charge on any atom is 0.228 e. The summed E-state index contributed by atoms with van der Waals surface area (Å²) in [4.78, 5) is 11.1. The molecule has 0 amide bonds. The minimum Gasteiger partial charge on any atom is -0.357 e. The molecule has 1 heterocycles. The Labute approximate surface area is 177 Å². The molecule has 2 rings (SSSR count). The molecular weight excluding hydrogens is 465 g/mol. The number of halogens is 2. The maximum absolute atomic E-state index is 6.06. The van der Waals surface area contributed by atoms with Crippen molar-refractivity contribution in [2.75, 3.05) is 20.1 Å². The van der Waals surface area contributed by atoms with Crippen molar-refractivity contribution in [3.05, 3.63) is 46.6 Å². The van der Waals surface area contributed by atoms with E-state index in [9.17, 15) is 0 Å². The van der Waals surface area contributed by atoms with Crippen molar-refractivity contribution >= 4 is 41.5 Å². The fourth-order valence-corrected chi connectivity index (χ4v) is 2.53. The van der Waals surface area contributed by atoms with E-state index < -0.39 is 0 Å². The maximum atomic E-state index is 6.06. The summed E-state index contributed by atoms with van der Waals surface area (Å²) in [6.07, 6.45) is 0.625. The van der Waals surface area contributed by atoms with E-state index in [1.807, 2.05) is 39.1 Å². The molecule has 1 N–H and O–H groups in total. The smallest absolute Gasteiger partial charge is 0.228 e. The summed E-state index contributed by atoms with van der Waals surface area (Å²) in [5.74, 6) is 2.47. The van der Waals surface area contributed by atoms with Crippen LogP contribution < -0.4 is 5.32 Å². The summed E-state index contributed by atoms with van der Waals surface area (Å²) in [5, 5.41) is 8.02. The summed E-state index contributed by atoms with van der Waals surface area (Å²) < 4.78 is 5.26. The molecule has 0 fully saturated rings. The first-order valence-corrected chi connectivity index (χ1v) is 8.93. The van der Waals surface area contributed by atoms with Gasteiger partial charge in [-0.3, -0.25) is 4.99 Å². The number of hydrogen-bond donors (Lipinski definition) is 1. The van der Waals surface area contributed by atoms with Gasteiger partial charge >= 0.3 is 0 Å². The van der Waals surface area contributed by atoms with Crippen molar-refractivity contribution in [3.8, 4) is 0 Å². The number of aliphatic imine (C=N–C) groups is 1. The first kappa shape index (κ1) is 22.7. The van der Waals surface area contributed by atoms with Gasteiger partial charge in [-0.05, 0) is 24.6 Å². The van der Waals surface area contributed by atoms with Crippen LogP contribution in [0.15, 0.2) is 33.8 Å². The molecule has 0 saturated heterocycles. The van der Waals surface area contributed by atoms with E-state index in [2.05, 4.69) is 38.3 Å². The zero-order chi connectivity index (χ0) is 18.2. The topological polar surface area (TPSA) is 66.5 Å². The molecule has 0 spiro atoms. The van der Waals surface area contributed by atoms with Crippen LogP contribution >= 0.6 is 35.6 Å². The summed E-state index contributed by atoms with van der Waals surface area (Å²) in [6, 6.07) is 7.85. The molecule has 8 heteroatoms. The molecule has 0 aliphatic rings. The van der Waals surface area contributed by atoms with Gasteiger partial charge in [0.25, 0.3) is 0 Å². The van der Waals surface area contributed by atoms with Gasteiger partial charge in [0.1, 0.15) is 0 Å². The zero-order valence-corrected chi connectivity index (χ0v) is 18.8. The molecule has 0 saturated carbocycles. The highest BCUT2D eigenvalue weighted by molar-refractivity contribution is 14.0. The lowest BCUT2D eigenvalue weighted by Gasteiger charge is -2.22. The van der Waals surface area contributed by atoms with Crippen LogP contribution in [-0.4, -0.2) is 41.1 Å². The number of benzene rings is 1. The molecule has 26 heavy (non-hydrogen) atoms. The van der Waals surface area contributed by atoms with E-state index >= 15 is 0 Å². The third-order valence-corrected chi connectivity index (χ3v) is 3.83. The number of guanidine groups is 1. The quantitative estimate of drug-likeness (QED) is 0.359. The molecule has 1 aromatic heterocycles. The third-order valence-electron chi connectivity index (χ3n) is 3.59. The number of nitrogens with one attached hydrogen (secondary N) is 1. The lowest BCUT2D eigenvalue weighted by molar-refractivity contribution is 0.372. The molecule has 2 aromatic rings. The highest BCUT2D eigenvalue weighted by Gasteiger charge is 2.10. The van der Waals surface area contributed by atoms with Crippen LogP contribution in [0.3, 0.4) is 0 Å². The van der Waals surface area contributed by atoms with Gasteiger partial charge in [0.05, 0.1) is 6.54 Å². The number of aromatic nitrogens is 2. The zero-order valence-electron chi connectivity index (χ0n) is 15.7. The van der Waals surface area contributed by atoms with Gasteiger partial charge in [-0.1, -0.05) is 42.7 Å². The molecular formula is C18H27ClIN5O. The fraction of sp³-hybridized carbons (Fsp3) is 0.500. The fourth-order valence-electron chi connectivity index (χ4n) is 2.32. The Bertz CT molecular complexity index is 704. The Balaban J connectivity index is 0.00000338. The van der Waals surface area contributed by atoms with Crippen LogP contribution in [0.5, 0.6) is 0 Å². The molecule has 0 unspecified atom stereocenters. The van der Waals surface area contributed by atoms with E-state index in [-0.39, 0.29) is 29.9 Å². The second kappa shape index (κ2) is 11.4. The molecule has 6 nitrogen and oxygen atoms in total. The predicted molar refractivity (Wildman–Crippen MR) is 116 cm³/mol. The Morgan fingerprint density at radius 2 is 2.15 bits per heavy atom. The largest absolute Gasteiger partial charge is 0.357 e. The lowest BCUT2D eigenvalue weighted by atomic mass is 10.2. The van der Waals surface area contributed by atoms with Crippen molar-refractivity contribution < 1.29 is 4.52 Å². The molecule has 144 valence electrons. The predicted octanol–water partition coefficient (Wildman–Crippen LogP) is 4.10. The number of rotatable bonds is 7. The Morgan fingerprint density at radius 1 is 1.38 bits per heavy atom. The normalized spacial score (nSPS) is 11.4. The van der Waals surface area contributed by atoms with Crippen LogP contribution in [0.2, 0.25) is 5.02 Å². The Hall–Kier alpha value is -1.35. The Morgan fingerprint density at radius 3 is 2.77 bits per heavy atom. The summed E-state index contributed by atoms with van der Waals surface area (Å²) in [6.45, 7) is 8.25. The van der Waals surface area contributed by atoms with E-state index in [4.69, 9.17) is 16.1 Å². The monoisotopic (exact) mass is 491 g/mol. The van der Waals surface area contributed by atoms with E-state index in [1.54, 1.807) is 0 Å². The highest BCUT2D eigenvalue weighted by Crippen LogP contribution is 2.12. The van der Waals surface area contributed by atoms with E-state index in [0.29, 0.717) is 18.9 Å². The second-order valence-corrected chi connectivity index (χ2v) is 6.61. The van der Waals surface area contributed by atoms with Crippen molar-refractivity contribution in [1.29, 1.82) is 0 Å². The van der Waals surface area contributed by atoms with Gasteiger partial charge in [0.15, 0.2) is 11.8 Å². The summed E-state index contributed by atoms with van der Waals surface area (Å²) >= 11 is 6.06. The lowest BCUT2D eigenvalue weighted by Crippen LogP contribution is -2.38. The van der Waals surface area contributed by atoms with Gasteiger partial charge in [-0.2, -0.15) is 4.98 Å². The minimum atomic E-state index is 0. The van der Waals surface area contributed by atoms with Crippen molar-refractivity contribution in [3.63, 3.8) is 0 Å². The van der Waals surface area contributed by atoms with Gasteiger partial charge < -0.3 is 14.7 Å². The van der Waals surface area contributed by atoms with Gasteiger partial charge in [0.2, 0.25) is 5.89 Å². The highest BCUT2D eigenvalue weighted by atomic mass is 127. The molecule has 0 atom stereocenters. The second-order valence-electron chi connectivity index (χ2n) is 6.17. The van der Waals surface area contributed by atoms with Crippen molar-refractivity contribution in [1.82, 2.24) is 20.4 Å². The standard InChI is InChI=1S/C18H26ClN5O.HI/c1-5-20-18(24(4)12-14-7-6-8-15(19)11-14)21-10-9-16-22-17(13(2)3)23-25-16;/h6-8,11,13H,5,9-10,12H2,1-4H3,(H,20,21);1H. The van der Waals surface area contributed by atoms with Crippen LogP contribution in [0, 0.1) is 0 Å². The van der Waals surface area contributed by atoms with Gasteiger partial charge in [-0.15, -0.1) is 24.0 Å². The van der Waals surface area contributed by atoms with Gasteiger partial charge in [-0.25, -0.2) is 0 Å². The van der Waals surface area contributed by atoms with Crippen LogP contribution in [-0.2, 0) is 13.0 Å². The molecule has 0 bridgehead atoms. The summed E-state index contributed by atoms with van der Waals surface area (Å²) in [7, 11) is 2.01. The average Bonchev–Trinajstić information content (AvgIpc) is 3.03. The minimum absolute atomic E-state index is 0. The number of hydrogen-bond acceptors (Lipinski definition) is 4. The van der Waals surface area contributed by atoms with Gasteiger partial charge in [0, 0.05) is 37.5 Å². The molecule has 0 aliphatic carbocycles. The average molecular weight is 492 g/mol. The first-order valence-electron chi connectivity index (χ1n) is 8.56. The SMILES string of the molecule is CCNC(=NCCc1nc(C(C)C)no1)N(C)Cc1cccc(Cl)c1.I. The van der Waals surface area contributed by atoms with Crippen LogP contribution in [0.1, 0.15) is 44.0 Å². The van der Waals surface area contributed by atoms with E-state index in [0.717, 1.165) is 35.5 Å². The molecule has 0 aliphatic heterocycles. The Kier molecular flexibility index (Phi) is 9.93.